The van der Waals surface area contributed by atoms with Gasteiger partial charge in [-0.15, -0.1) is 0 Å². The molecule has 1 atom stereocenters. The topological polar surface area (TPSA) is 89.7 Å². The Morgan fingerprint density at radius 1 is 1.14 bits per heavy atom. The van der Waals surface area contributed by atoms with E-state index in [1.807, 2.05) is 24.4 Å². The van der Waals surface area contributed by atoms with Crippen LogP contribution in [-0.2, 0) is 13.2 Å². The molecule has 2 aromatic heterocycles. The van der Waals surface area contributed by atoms with Gasteiger partial charge in [0, 0.05) is 42.2 Å². The maximum absolute atomic E-state index is 10.4. The predicted octanol–water partition coefficient (Wildman–Crippen LogP) is 3.35. The van der Waals surface area contributed by atoms with Gasteiger partial charge >= 0.3 is 0 Å². The first-order valence-corrected chi connectivity index (χ1v) is 9.80. The van der Waals surface area contributed by atoms with Crippen LogP contribution in [0.1, 0.15) is 34.7 Å². The lowest BCUT2D eigenvalue weighted by Crippen LogP contribution is -2.21. The summed E-state index contributed by atoms with van der Waals surface area (Å²) in [5.41, 5.74) is 4.98. The first-order valence-electron chi connectivity index (χ1n) is 9.80. The average molecular weight is 391 g/mol. The SMILES string of the molecule is Cc1ncc(CO)c(CN2CC[C@@H](c3ccnc(-c4cccc(O)c4)c3)C2)c1O. The molecule has 29 heavy (non-hydrogen) atoms. The van der Waals surface area contributed by atoms with Gasteiger partial charge in [0.15, 0.2) is 0 Å². The van der Waals surface area contributed by atoms with Gasteiger partial charge in [-0.2, -0.15) is 0 Å². The molecular weight excluding hydrogens is 366 g/mol. The molecule has 0 bridgehead atoms. The van der Waals surface area contributed by atoms with Crippen molar-refractivity contribution in [1.82, 2.24) is 14.9 Å². The number of aromatic hydroxyl groups is 2. The van der Waals surface area contributed by atoms with Gasteiger partial charge < -0.3 is 15.3 Å². The van der Waals surface area contributed by atoms with E-state index in [0.717, 1.165) is 36.3 Å². The smallest absolute Gasteiger partial charge is 0.141 e. The standard InChI is InChI=1S/C23H25N3O3/c1-15-23(29)21(19(14-27)11-25-15)13-26-8-6-18(12-26)16-5-7-24-22(10-16)17-3-2-4-20(28)9-17/h2-5,7,9-11,18,27-29H,6,8,12-14H2,1H3/t18-/m1/s1. The van der Waals surface area contributed by atoms with Gasteiger partial charge in [-0.05, 0) is 55.6 Å². The van der Waals surface area contributed by atoms with Crippen LogP contribution < -0.4 is 0 Å². The van der Waals surface area contributed by atoms with Crippen molar-refractivity contribution in [3.63, 3.8) is 0 Å². The van der Waals surface area contributed by atoms with Crippen molar-refractivity contribution < 1.29 is 15.3 Å². The Bertz CT molecular complexity index is 1020. The maximum Gasteiger partial charge on any atom is 0.141 e. The van der Waals surface area contributed by atoms with Crippen LogP contribution in [0.2, 0.25) is 0 Å². The van der Waals surface area contributed by atoms with Crippen LogP contribution in [-0.4, -0.2) is 43.3 Å². The van der Waals surface area contributed by atoms with E-state index in [4.69, 9.17) is 0 Å². The Morgan fingerprint density at radius 3 is 2.79 bits per heavy atom. The lowest BCUT2D eigenvalue weighted by Gasteiger charge is -2.19. The van der Waals surface area contributed by atoms with Crippen molar-refractivity contribution in [1.29, 1.82) is 0 Å². The number of rotatable bonds is 5. The van der Waals surface area contributed by atoms with Crippen LogP contribution in [0.15, 0.2) is 48.8 Å². The molecule has 0 radical (unpaired) electrons. The summed E-state index contributed by atoms with van der Waals surface area (Å²) in [6.07, 6.45) is 4.48. The summed E-state index contributed by atoms with van der Waals surface area (Å²) in [7, 11) is 0. The normalized spacial score (nSPS) is 17.0. The monoisotopic (exact) mass is 391 g/mol. The number of nitrogens with zero attached hydrogens (tertiary/aromatic N) is 3. The van der Waals surface area contributed by atoms with E-state index in [-0.39, 0.29) is 18.1 Å². The van der Waals surface area contributed by atoms with E-state index >= 15 is 0 Å². The number of aromatic nitrogens is 2. The second kappa shape index (κ2) is 8.19. The van der Waals surface area contributed by atoms with Crippen LogP contribution in [0.5, 0.6) is 11.5 Å². The van der Waals surface area contributed by atoms with E-state index in [0.29, 0.717) is 23.7 Å². The van der Waals surface area contributed by atoms with Gasteiger partial charge in [-0.25, -0.2) is 0 Å². The largest absolute Gasteiger partial charge is 0.508 e. The van der Waals surface area contributed by atoms with E-state index in [1.54, 1.807) is 25.3 Å². The molecule has 0 amide bonds. The number of pyridine rings is 2. The molecule has 6 heteroatoms. The molecule has 1 aliphatic heterocycles. The van der Waals surface area contributed by atoms with Crippen LogP contribution >= 0.6 is 0 Å². The van der Waals surface area contributed by atoms with Gasteiger partial charge in [-0.3, -0.25) is 14.9 Å². The van der Waals surface area contributed by atoms with Crippen LogP contribution in [0.25, 0.3) is 11.3 Å². The predicted molar refractivity (Wildman–Crippen MR) is 111 cm³/mol. The highest BCUT2D eigenvalue weighted by Gasteiger charge is 2.26. The van der Waals surface area contributed by atoms with Gasteiger partial charge in [0.1, 0.15) is 11.5 Å². The molecule has 0 saturated carbocycles. The highest BCUT2D eigenvalue weighted by Crippen LogP contribution is 2.33. The second-order valence-electron chi connectivity index (χ2n) is 7.60. The minimum absolute atomic E-state index is 0.134. The molecule has 1 aromatic carbocycles. The van der Waals surface area contributed by atoms with Crippen molar-refractivity contribution in [2.24, 2.45) is 0 Å². The molecule has 1 aliphatic rings. The lowest BCUT2D eigenvalue weighted by molar-refractivity contribution is 0.271. The summed E-state index contributed by atoms with van der Waals surface area (Å²) >= 11 is 0. The number of aliphatic hydroxyl groups is 1. The fourth-order valence-corrected chi connectivity index (χ4v) is 3.99. The first kappa shape index (κ1) is 19.4. The van der Waals surface area contributed by atoms with Crippen LogP contribution in [0.3, 0.4) is 0 Å². The quantitative estimate of drug-likeness (QED) is 0.618. The minimum Gasteiger partial charge on any atom is -0.508 e. The fourth-order valence-electron chi connectivity index (χ4n) is 3.99. The van der Waals surface area contributed by atoms with Crippen molar-refractivity contribution in [2.45, 2.75) is 32.4 Å². The molecule has 6 nitrogen and oxygen atoms in total. The fraction of sp³-hybridized carbons (Fsp3) is 0.304. The molecule has 3 aromatic rings. The number of likely N-dealkylation sites (tertiary alicyclic amines) is 1. The van der Waals surface area contributed by atoms with Crippen molar-refractivity contribution in [2.75, 3.05) is 13.1 Å². The summed E-state index contributed by atoms with van der Waals surface area (Å²) < 4.78 is 0. The molecule has 4 rings (SSSR count). The number of hydrogen-bond acceptors (Lipinski definition) is 6. The number of benzene rings is 1. The molecular formula is C23H25N3O3. The Hall–Kier alpha value is -2.96. The molecule has 0 aliphatic carbocycles. The number of hydrogen-bond donors (Lipinski definition) is 3. The Labute approximate surface area is 170 Å². The third-order valence-corrected chi connectivity index (χ3v) is 5.65. The zero-order valence-corrected chi connectivity index (χ0v) is 16.4. The molecule has 150 valence electrons. The zero-order valence-electron chi connectivity index (χ0n) is 16.4. The second-order valence-corrected chi connectivity index (χ2v) is 7.60. The summed E-state index contributed by atoms with van der Waals surface area (Å²) in [5, 5.41) is 29.7. The molecule has 3 heterocycles. The van der Waals surface area contributed by atoms with E-state index in [2.05, 4.69) is 20.9 Å². The molecule has 3 N–H and O–H groups in total. The number of phenolic OH excluding ortho intramolecular Hbond substituents is 1. The lowest BCUT2D eigenvalue weighted by atomic mass is 9.97. The minimum atomic E-state index is -0.134. The zero-order chi connectivity index (χ0) is 20.4. The number of aryl methyl sites for hydroxylation is 1. The Kier molecular flexibility index (Phi) is 5.47. The average Bonchev–Trinajstić information content (AvgIpc) is 3.20. The van der Waals surface area contributed by atoms with Gasteiger partial charge in [0.25, 0.3) is 0 Å². The number of aliphatic hydroxyl groups excluding tert-OH is 1. The summed E-state index contributed by atoms with van der Waals surface area (Å²) in [6.45, 7) is 4.01. The van der Waals surface area contributed by atoms with Crippen molar-refractivity contribution >= 4 is 0 Å². The Balaban J connectivity index is 1.51. The first-order chi connectivity index (χ1) is 14.0. The third-order valence-electron chi connectivity index (χ3n) is 5.65. The number of phenols is 1. The summed E-state index contributed by atoms with van der Waals surface area (Å²) in [4.78, 5) is 10.9. The molecule has 1 saturated heterocycles. The van der Waals surface area contributed by atoms with Gasteiger partial charge in [0.05, 0.1) is 18.0 Å². The maximum atomic E-state index is 10.4. The van der Waals surface area contributed by atoms with Crippen molar-refractivity contribution in [3.8, 4) is 22.8 Å². The summed E-state index contributed by atoms with van der Waals surface area (Å²) in [5.74, 6) is 0.778. The third kappa shape index (κ3) is 4.09. The van der Waals surface area contributed by atoms with E-state index in [9.17, 15) is 15.3 Å². The van der Waals surface area contributed by atoms with E-state index < -0.39 is 0 Å². The summed E-state index contributed by atoms with van der Waals surface area (Å²) in [6, 6.07) is 11.3. The molecule has 0 spiro atoms. The van der Waals surface area contributed by atoms with E-state index in [1.165, 1.54) is 5.56 Å². The highest BCUT2D eigenvalue weighted by atomic mass is 16.3. The van der Waals surface area contributed by atoms with Crippen LogP contribution in [0, 0.1) is 6.92 Å². The van der Waals surface area contributed by atoms with Crippen LogP contribution in [0.4, 0.5) is 0 Å². The molecule has 0 unspecified atom stereocenters. The highest BCUT2D eigenvalue weighted by molar-refractivity contribution is 5.61. The molecule has 1 fully saturated rings. The Morgan fingerprint density at radius 2 is 2.00 bits per heavy atom. The van der Waals surface area contributed by atoms with Gasteiger partial charge in [-0.1, -0.05) is 12.1 Å². The van der Waals surface area contributed by atoms with Gasteiger partial charge in [0.2, 0.25) is 0 Å². The van der Waals surface area contributed by atoms with Crippen molar-refractivity contribution in [3.05, 3.63) is 71.2 Å².